The average Bonchev–Trinajstić information content (AvgIpc) is 1.58. The molecular formula is C69H81ClF9N6NaO17S3. The van der Waals surface area contributed by atoms with Gasteiger partial charge in [-0.2, -0.15) is 39.5 Å². The van der Waals surface area contributed by atoms with Gasteiger partial charge in [0.05, 0.1) is 56.4 Å². The smallest absolute Gasteiger partial charge is 1.00 e. The number of aliphatic carboxylic acids is 2. The number of aromatic nitrogens is 5. The summed E-state index contributed by atoms with van der Waals surface area (Å²) in [5, 5.41) is 36.9. The minimum atomic E-state index is -4.76. The van der Waals surface area contributed by atoms with Gasteiger partial charge in [-0.25, -0.2) is 40.2 Å². The van der Waals surface area contributed by atoms with Crippen molar-refractivity contribution in [3.8, 4) is 11.8 Å². The summed E-state index contributed by atoms with van der Waals surface area (Å²) in [5.74, 6) is 2.16. The molecule has 5 heterocycles. The molecule has 5 aromatic heterocycles. The quantitative estimate of drug-likeness (QED) is 0.0190. The average molecular weight is 1590 g/mol. The molecule has 0 saturated heterocycles. The molecule has 0 fully saturated rings. The van der Waals surface area contributed by atoms with Crippen LogP contribution in [0.1, 0.15) is 110 Å². The van der Waals surface area contributed by atoms with Crippen molar-refractivity contribution >= 4 is 75.3 Å². The second-order valence-electron chi connectivity index (χ2n) is 22.1. The van der Waals surface area contributed by atoms with Crippen LogP contribution in [0.25, 0.3) is 22.1 Å². The molecule has 8 aromatic rings. The van der Waals surface area contributed by atoms with Gasteiger partial charge in [0.2, 0.25) is 0 Å². The van der Waals surface area contributed by atoms with Crippen molar-refractivity contribution in [3.05, 3.63) is 171 Å². The van der Waals surface area contributed by atoms with Crippen LogP contribution >= 0.6 is 0 Å². The van der Waals surface area contributed by atoms with Gasteiger partial charge in [0.1, 0.15) is 23.7 Å². The summed E-state index contributed by atoms with van der Waals surface area (Å²) in [6.07, 6.45) is -7.55. The van der Waals surface area contributed by atoms with E-state index in [-0.39, 0.29) is 117 Å². The molecule has 0 aliphatic rings. The van der Waals surface area contributed by atoms with E-state index in [1.807, 2.05) is 20.8 Å². The number of aliphatic hydroxyl groups is 2. The molecule has 0 spiro atoms. The molecule has 0 bridgehead atoms. The third kappa shape index (κ3) is 29.4. The maximum Gasteiger partial charge on any atom is 1.00 e. The number of alkyl halides is 9. The van der Waals surface area contributed by atoms with E-state index in [0.29, 0.717) is 88.2 Å². The van der Waals surface area contributed by atoms with Crippen molar-refractivity contribution in [1.29, 1.82) is 0 Å². The number of sulfone groups is 3. The van der Waals surface area contributed by atoms with E-state index in [2.05, 4.69) is 32.1 Å². The van der Waals surface area contributed by atoms with Crippen LogP contribution in [0.5, 0.6) is 0 Å². The van der Waals surface area contributed by atoms with Crippen LogP contribution in [-0.2, 0) is 114 Å². The Kier molecular flexibility index (Phi) is 38.8. The fourth-order valence-electron chi connectivity index (χ4n) is 9.86. The number of nitrogens with one attached hydrogen (secondary N) is 1. The number of esters is 1. The van der Waals surface area contributed by atoms with E-state index in [0.717, 1.165) is 56.0 Å². The zero-order valence-corrected chi connectivity index (χ0v) is 65.2. The van der Waals surface area contributed by atoms with Gasteiger partial charge in [-0.1, -0.05) is 30.0 Å². The number of carbonyl (C=O) groups is 3. The Morgan fingerprint density at radius 2 is 0.906 bits per heavy atom. The van der Waals surface area contributed by atoms with E-state index in [1.54, 1.807) is 75.6 Å². The number of ether oxygens (including phenoxy) is 4. The topological polar surface area (TPSA) is 332 Å². The molecule has 578 valence electrons. The zero-order valence-electron chi connectivity index (χ0n) is 60.0. The number of anilines is 1. The number of aliphatic hydroxyl groups excluding tert-OH is 2. The predicted octanol–water partition coefficient (Wildman–Crippen LogP) is 5.69. The first-order valence-corrected chi connectivity index (χ1v) is 36.9. The Morgan fingerprint density at radius 3 is 1.25 bits per heavy atom. The van der Waals surface area contributed by atoms with Gasteiger partial charge in [0.15, 0.2) is 29.5 Å². The number of hydrogen-bond acceptors (Lipinski definition) is 19. The van der Waals surface area contributed by atoms with E-state index < -0.39 is 103 Å². The van der Waals surface area contributed by atoms with Gasteiger partial charge < -0.3 is 66.2 Å². The summed E-state index contributed by atoms with van der Waals surface area (Å²) in [7, 11) is -11.4. The fraction of sp³-hybridized carbons (Fsp3) is 0.391. The number of hydrogen-bond donors (Lipinski definition) is 5. The van der Waals surface area contributed by atoms with Crippen LogP contribution in [0.2, 0.25) is 0 Å². The summed E-state index contributed by atoms with van der Waals surface area (Å²) >= 11 is 0. The summed E-state index contributed by atoms with van der Waals surface area (Å²) in [6, 6.07) is 18.7. The number of benzene rings is 3. The molecule has 0 amide bonds. The molecule has 0 atom stereocenters. The van der Waals surface area contributed by atoms with Gasteiger partial charge >= 0.3 is 60.0 Å². The van der Waals surface area contributed by atoms with Crippen molar-refractivity contribution in [2.75, 3.05) is 63.7 Å². The van der Waals surface area contributed by atoms with Crippen LogP contribution in [0.15, 0.2) is 124 Å². The molecule has 0 saturated carbocycles. The van der Waals surface area contributed by atoms with E-state index in [9.17, 15) is 79.5 Å². The molecule has 37 heteroatoms. The molecule has 106 heavy (non-hydrogen) atoms. The van der Waals surface area contributed by atoms with Gasteiger partial charge in [-0.05, 0) is 149 Å². The SMILES string of the molecule is CC(=O)O.CCO.CCOC(=O)Cc1c(C)n(Cc2ccc(S(C)(=O)=O)cc2C(F)(F)F)c2ncccc12.CCOC(C)(OCC)OCC.CS(=O)(=O)c1ccc(CNc2ncccc2C#CCO)c(C(F)(F)F)c1.Cc1c(CC(=O)O)c2cccnc2n1Cc1ccc(S(C)(=O)=O)cc1C(F)(F)F.[Cl-].[Na+]. The van der Waals surface area contributed by atoms with E-state index in [4.69, 9.17) is 39.1 Å². The number of rotatable bonds is 21. The van der Waals surface area contributed by atoms with Crippen molar-refractivity contribution in [2.24, 2.45) is 0 Å². The predicted molar refractivity (Wildman–Crippen MR) is 367 cm³/mol. The number of carboxylic acids is 2. The zero-order chi connectivity index (χ0) is 78.9. The standard InChI is InChI=1S/C21H21F3N2O4S.C19H17F3N2O4S.C17H15F3N2O3S.C8H18O3.C2H4O2.C2H6O.ClH.Na/c1-4-30-19(27)11-17-13(2)26(20-16(17)6-5-9-25-20)12-14-7-8-15(31(3,28)29)10-18(14)21(22,23)24;1-11-15(9-17(25)26)14-4-3-7-23-18(14)24(11)10-12-5-6-13(29(2,27)28)8-16(12)19(20,21)22;1-26(24,25)14-7-6-13(15(10-14)17(18,19)20)11-22-16-12(5-3-9-23)4-2-8-21-16;1-5-9-8(4,10-6-2)11-7-3;1-2(3)4;1-2-3;;/h5-10H,4,11-12H2,1-3H3;3-8H,9-10H2,1-2H3,(H,25,26);2,4,6-8,10,23H,9,11H2,1H3,(H,21,22);5-7H2,1-4H3;1H3,(H,3,4);3H,2H2,1H3;1H;/q;;;;;;;+1/p-1. The molecule has 8 rings (SSSR count). The van der Waals surface area contributed by atoms with Crippen LogP contribution < -0.4 is 47.3 Å². The number of fused-ring (bicyclic) bond motifs is 2. The molecule has 23 nitrogen and oxygen atoms in total. The van der Waals surface area contributed by atoms with Crippen molar-refractivity contribution in [2.45, 2.75) is 134 Å². The van der Waals surface area contributed by atoms with Gasteiger partial charge in [-0.3, -0.25) is 14.4 Å². The summed E-state index contributed by atoms with van der Waals surface area (Å²) in [4.78, 5) is 43.5. The monoisotopic (exact) mass is 1590 g/mol. The molecule has 0 aliphatic carbocycles. The van der Waals surface area contributed by atoms with Crippen LogP contribution in [0, 0.1) is 25.7 Å². The van der Waals surface area contributed by atoms with Crippen LogP contribution in [0.4, 0.5) is 45.3 Å². The van der Waals surface area contributed by atoms with Gasteiger partial charge in [-0.15, -0.1) is 0 Å². The number of halogens is 10. The summed E-state index contributed by atoms with van der Waals surface area (Å²) < 4.78 is 216. The van der Waals surface area contributed by atoms with Gasteiger partial charge in [0.25, 0.3) is 11.9 Å². The third-order valence-corrected chi connectivity index (χ3v) is 17.6. The first-order valence-electron chi connectivity index (χ1n) is 31.2. The Morgan fingerprint density at radius 1 is 0.557 bits per heavy atom. The van der Waals surface area contributed by atoms with Crippen molar-refractivity contribution < 1.29 is 160 Å². The molecule has 0 radical (unpaired) electrons. The first kappa shape index (κ1) is 96.3. The Bertz CT molecular complexity index is 4660. The van der Waals surface area contributed by atoms with Crippen LogP contribution in [-0.4, -0.2) is 152 Å². The van der Waals surface area contributed by atoms with E-state index in [1.165, 1.54) is 29.2 Å². The molecule has 0 unspecified atom stereocenters. The fourth-order valence-corrected chi connectivity index (χ4v) is 11.8. The largest absolute Gasteiger partial charge is 1.00 e. The van der Waals surface area contributed by atoms with Crippen molar-refractivity contribution in [3.63, 3.8) is 0 Å². The summed E-state index contributed by atoms with van der Waals surface area (Å²) in [6.45, 7) is 16.5. The Balaban J connectivity index is 0.000000707. The minimum Gasteiger partial charge on any atom is -1.00 e. The van der Waals surface area contributed by atoms with E-state index >= 15 is 0 Å². The number of pyridine rings is 3. The minimum absolute atomic E-state index is 0. The Hall–Kier alpha value is -7.73. The Labute approximate surface area is 636 Å². The molecule has 0 aliphatic heterocycles. The normalized spacial score (nSPS) is 11.5. The maximum atomic E-state index is 13.7. The number of carboxylic acid groups (broad SMARTS) is 2. The molecule has 3 aromatic carbocycles. The maximum absolute atomic E-state index is 13.7. The second-order valence-corrected chi connectivity index (χ2v) is 28.1. The first-order chi connectivity index (χ1) is 48.3. The molecule has 5 N–H and O–H groups in total. The van der Waals surface area contributed by atoms with Crippen LogP contribution in [0.3, 0.4) is 0 Å². The van der Waals surface area contributed by atoms with Crippen molar-refractivity contribution in [1.82, 2.24) is 24.1 Å². The number of carbonyl (C=O) groups excluding carboxylic acids is 1. The third-order valence-electron chi connectivity index (χ3n) is 14.2. The molecular weight excluding hydrogens is 1510 g/mol. The summed E-state index contributed by atoms with van der Waals surface area (Å²) in [5.41, 5.74) is -0.108. The van der Waals surface area contributed by atoms with Gasteiger partial charge in [0, 0.05) is 119 Å². The second kappa shape index (κ2) is 42.7. The number of nitrogens with zero attached hydrogens (tertiary/aromatic N) is 5.